The molecule has 0 spiro atoms. The number of aliphatic hydroxyl groups excluding tert-OH is 2. The second-order valence-electron chi connectivity index (χ2n) is 9.25. The molecule has 3 aromatic rings. The van der Waals surface area contributed by atoms with Gasteiger partial charge in [0.25, 0.3) is 0 Å². The van der Waals surface area contributed by atoms with Gasteiger partial charge >= 0.3 is 6.01 Å². The van der Waals surface area contributed by atoms with Gasteiger partial charge in [-0.3, -0.25) is 4.79 Å². The first-order valence-electron chi connectivity index (χ1n) is 12.2. The molecule has 0 radical (unpaired) electrons. The number of benzene rings is 2. The number of phenols is 1. The van der Waals surface area contributed by atoms with Gasteiger partial charge < -0.3 is 34.8 Å². The molecule has 3 heterocycles. The predicted octanol–water partition coefficient (Wildman–Crippen LogP) is 1.30. The van der Waals surface area contributed by atoms with E-state index in [2.05, 4.69) is 19.8 Å². The number of phenolic OH excluding ortho intramolecular Hbond substituents is 1. The van der Waals surface area contributed by atoms with Crippen LogP contribution in [0.15, 0.2) is 36.4 Å². The molecule has 1 saturated heterocycles. The highest BCUT2D eigenvalue weighted by Crippen LogP contribution is 2.36. The number of aliphatic hydroxyl groups is 2. The number of aromatic hydroxyl groups is 1. The van der Waals surface area contributed by atoms with Gasteiger partial charge in [0.1, 0.15) is 24.3 Å². The highest BCUT2D eigenvalue weighted by Gasteiger charge is 2.29. The van der Waals surface area contributed by atoms with E-state index in [1.807, 2.05) is 29.2 Å². The number of amides is 1. The first kappa shape index (κ1) is 24.1. The van der Waals surface area contributed by atoms with E-state index in [0.717, 1.165) is 40.1 Å². The molecule has 0 aliphatic carbocycles. The van der Waals surface area contributed by atoms with Gasteiger partial charge in [0.05, 0.1) is 18.8 Å². The minimum Gasteiger partial charge on any atom is -0.508 e. The highest BCUT2D eigenvalue weighted by molar-refractivity contribution is 5.95. The van der Waals surface area contributed by atoms with E-state index < -0.39 is 12.7 Å². The molecule has 10 nitrogen and oxygen atoms in total. The number of ether oxygens (including phenoxy) is 1. The maximum atomic E-state index is 11.8. The number of nitrogens with zero attached hydrogens (tertiary/aromatic N) is 5. The van der Waals surface area contributed by atoms with Gasteiger partial charge in [-0.2, -0.15) is 9.97 Å². The van der Waals surface area contributed by atoms with E-state index in [1.165, 1.54) is 0 Å². The van der Waals surface area contributed by atoms with Crippen molar-refractivity contribution in [1.82, 2.24) is 14.9 Å². The molecule has 1 unspecified atom stereocenters. The summed E-state index contributed by atoms with van der Waals surface area (Å²) in [5.41, 5.74) is 2.80. The van der Waals surface area contributed by atoms with Crippen molar-refractivity contribution < 1.29 is 24.9 Å². The average Bonchev–Trinajstić information content (AvgIpc) is 2.90. The number of hydrogen-bond donors (Lipinski definition) is 3. The Labute approximate surface area is 209 Å². The van der Waals surface area contributed by atoms with Crippen LogP contribution in [0.2, 0.25) is 0 Å². The molecular formula is C26H31N5O5. The van der Waals surface area contributed by atoms with Gasteiger partial charge in [-0.25, -0.2) is 0 Å². The standard InChI is InChI=1S/C26H31N5O5/c1-17(33)29-8-10-30(11-9-29)25-22-6-7-31(14-23(22)27-26(28-25)36-16-20(35)15-32)24-13-19(34)12-18-4-2-3-5-21(18)24/h2-5,12-13,20,32,34-35H,6-11,14-16H2,1H3. The van der Waals surface area contributed by atoms with E-state index in [-0.39, 0.29) is 24.3 Å². The second-order valence-corrected chi connectivity index (χ2v) is 9.25. The summed E-state index contributed by atoms with van der Waals surface area (Å²) in [6.07, 6.45) is -0.316. The fourth-order valence-electron chi connectivity index (χ4n) is 4.91. The lowest BCUT2D eigenvalue weighted by molar-refractivity contribution is -0.129. The normalized spacial score (nSPS) is 16.7. The Bertz CT molecular complexity index is 1260. The fraction of sp³-hybridized carbons (Fsp3) is 0.423. The number of anilines is 2. The van der Waals surface area contributed by atoms with E-state index in [1.54, 1.807) is 19.1 Å². The zero-order chi connectivity index (χ0) is 25.2. The van der Waals surface area contributed by atoms with Crippen molar-refractivity contribution in [2.24, 2.45) is 0 Å². The molecule has 190 valence electrons. The number of carbonyl (C=O) groups is 1. The van der Waals surface area contributed by atoms with Crippen molar-refractivity contribution in [1.29, 1.82) is 0 Å². The molecule has 1 amide bonds. The Morgan fingerprint density at radius 1 is 1.08 bits per heavy atom. The predicted molar refractivity (Wildman–Crippen MR) is 135 cm³/mol. The number of fused-ring (bicyclic) bond motifs is 2. The first-order chi connectivity index (χ1) is 17.4. The molecule has 2 aromatic carbocycles. The summed E-state index contributed by atoms with van der Waals surface area (Å²) in [5.74, 6) is 1.07. The van der Waals surface area contributed by atoms with Crippen LogP contribution in [-0.4, -0.2) is 88.1 Å². The van der Waals surface area contributed by atoms with Crippen LogP contribution >= 0.6 is 0 Å². The monoisotopic (exact) mass is 493 g/mol. The molecular weight excluding hydrogens is 462 g/mol. The third kappa shape index (κ3) is 4.87. The number of hydrogen-bond acceptors (Lipinski definition) is 9. The lowest BCUT2D eigenvalue weighted by atomic mass is 10.0. The SMILES string of the molecule is CC(=O)N1CCN(c2nc(OCC(O)CO)nc3c2CCN(c2cc(O)cc4ccccc24)C3)CC1. The summed E-state index contributed by atoms with van der Waals surface area (Å²) < 4.78 is 5.66. The van der Waals surface area contributed by atoms with Crippen molar-refractivity contribution in [3.8, 4) is 11.8 Å². The lowest BCUT2D eigenvalue weighted by Gasteiger charge is -2.38. The second kappa shape index (κ2) is 10.2. The lowest BCUT2D eigenvalue weighted by Crippen LogP contribution is -2.49. The smallest absolute Gasteiger partial charge is 0.318 e. The minimum absolute atomic E-state index is 0.0651. The molecule has 2 aliphatic rings. The quantitative estimate of drug-likeness (QED) is 0.466. The topological polar surface area (TPSA) is 122 Å². The summed E-state index contributed by atoms with van der Waals surface area (Å²) >= 11 is 0. The molecule has 10 heteroatoms. The van der Waals surface area contributed by atoms with E-state index >= 15 is 0 Å². The van der Waals surface area contributed by atoms with Crippen LogP contribution in [0.25, 0.3) is 10.8 Å². The van der Waals surface area contributed by atoms with Crippen molar-refractivity contribution in [2.45, 2.75) is 26.0 Å². The number of aromatic nitrogens is 2. The third-order valence-electron chi connectivity index (χ3n) is 6.83. The van der Waals surface area contributed by atoms with Crippen LogP contribution < -0.4 is 14.5 Å². The van der Waals surface area contributed by atoms with Crippen molar-refractivity contribution in [3.63, 3.8) is 0 Å². The molecule has 3 N–H and O–H groups in total. The van der Waals surface area contributed by atoms with Gasteiger partial charge in [-0.1, -0.05) is 24.3 Å². The van der Waals surface area contributed by atoms with E-state index in [0.29, 0.717) is 39.1 Å². The fourth-order valence-corrected chi connectivity index (χ4v) is 4.91. The molecule has 1 fully saturated rings. The molecule has 1 aromatic heterocycles. The molecule has 5 rings (SSSR count). The van der Waals surface area contributed by atoms with Gasteiger partial charge in [0.15, 0.2) is 0 Å². The van der Waals surface area contributed by atoms with Gasteiger partial charge in [-0.15, -0.1) is 0 Å². The van der Waals surface area contributed by atoms with Crippen LogP contribution in [0.1, 0.15) is 18.2 Å². The molecule has 0 bridgehead atoms. The zero-order valence-corrected chi connectivity index (χ0v) is 20.3. The Kier molecular flexibility index (Phi) is 6.80. The summed E-state index contributed by atoms with van der Waals surface area (Å²) in [7, 11) is 0. The summed E-state index contributed by atoms with van der Waals surface area (Å²) in [6.45, 7) is 4.84. The number of piperazine rings is 1. The van der Waals surface area contributed by atoms with E-state index in [4.69, 9.17) is 9.84 Å². The van der Waals surface area contributed by atoms with E-state index in [9.17, 15) is 15.0 Å². The number of carbonyl (C=O) groups excluding carboxylic acids is 1. The molecule has 2 aliphatic heterocycles. The number of rotatable bonds is 6. The van der Waals surface area contributed by atoms with Crippen molar-refractivity contribution >= 4 is 28.2 Å². The van der Waals surface area contributed by atoms with Crippen molar-refractivity contribution in [3.05, 3.63) is 47.7 Å². The maximum absolute atomic E-state index is 11.8. The molecule has 36 heavy (non-hydrogen) atoms. The van der Waals surface area contributed by atoms with Gasteiger partial charge in [0.2, 0.25) is 5.91 Å². The Morgan fingerprint density at radius 2 is 1.86 bits per heavy atom. The van der Waals surface area contributed by atoms with Crippen LogP contribution in [0, 0.1) is 0 Å². The Morgan fingerprint density at radius 3 is 2.61 bits per heavy atom. The van der Waals surface area contributed by atoms with Gasteiger partial charge in [-0.05, 0) is 17.9 Å². The minimum atomic E-state index is -1.03. The molecule has 0 saturated carbocycles. The Balaban J connectivity index is 1.48. The largest absolute Gasteiger partial charge is 0.508 e. The van der Waals surface area contributed by atoms with Crippen molar-refractivity contribution in [2.75, 3.05) is 55.7 Å². The molecule has 1 atom stereocenters. The first-order valence-corrected chi connectivity index (χ1v) is 12.2. The van der Waals surface area contributed by atoms with Crippen LogP contribution in [-0.2, 0) is 17.8 Å². The van der Waals surface area contributed by atoms with Crippen LogP contribution in [0.5, 0.6) is 11.8 Å². The van der Waals surface area contributed by atoms with Crippen LogP contribution in [0.4, 0.5) is 11.5 Å². The maximum Gasteiger partial charge on any atom is 0.318 e. The average molecular weight is 494 g/mol. The summed E-state index contributed by atoms with van der Waals surface area (Å²) in [6, 6.07) is 11.7. The Hall–Kier alpha value is -3.63. The highest BCUT2D eigenvalue weighted by atomic mass is 16.5. The summed E-state index contributed by atoms with van der Waals surface area (Å²) in [4.78, 5) is 27.3. The summed E-state index contributed by atoms with van der Waals surface area (Å²) in [5, 5.41) is 31.3. The van der Waals surface area contributed by atoms with Crippen LogP contribution in [0.3, 0.4) is 0 Å². The third-order valence-corrected chi connectivity index (χ3v) is 6.83. The zero-order valence-electron chi connectivity index (χ0n) is 20.3. The van der Waals surface area contributed by atoms with Gasteiger partial charge in [0, 0.05) is 62.4 Å².